The van der Waals surface area contributed by atoms with Crippen molar-refractivity contribution in [2.24, 2.45) is 0 Å². The van der Waals surface area contributed by atoms with Gasteiger partial charge in [0.2, 0.25) is 0 Å². The number of nitrogens with zero attached hydrogens (tertiary/aromatic N) is 2. The topological polar surface area (TPSA) is 41.6 Å². The van der Waals surface area contributed by atoms with E-state index < -0.39 is 0 Å². The number of nitrogens with one attached hydrogen (secondary N) is 1. The van der Waals surface area contributed by atoms with Crippen LogP contribution in [0.5, 0.6) is 0 Å². The summed E-state index contributed by atoms with van der Waals surface area (Å²) in [5, 5.41) is 0. The smallest absolute Gasteiger partial charge is 0.139 e. The Kier molecular flexibility index (Phi) is 4.10. The number of hydrogen-bond acceptors (Lipinski definition) is 3. The highest BCUT2D eigenvalue weighted by atomic mass is 32.1. The van der Waals surface area contributed by atoms with Gasteiger partial charge < -0.3 is 4.98 Å². The molecule has 0 aliphatic rings. The second-order valence-corrected chi connectivity index (χ2v) is 5.36. The van der Waals surface area contributed by atoms with Gasteiger partial charge in [-0.1, -0.05) is 33.0 Å². The summed E-state index contributed by atoms with van der Waals surface area (Å²) in [6.07, 6.45) is 4.61. The second-order valence-electron chi connectivity index (χ2n) is 4.97. The first-order chi connectivity index (χ1) is 9.04. The minimum absolute atomic E-state index is 0.383. The van der Waals surface area contributed by atoms with Crippen LogP contribution in [0.15, 0.2) is 18.5 Å². The molecule has 0 fully saturated rings. The van der Waals surface area contributed by atoms with Crippen LogP contribution >= 0.6 is 12.2 Å². The lowest BCUT2D eigenvalue weighted by atomic mass is 10.0. The van der Waals surface area contributed by atoms with Gasteiger partial charge in [-0.15, -0.1) is 0 Å². The van der Waals surface area contributed by atoms with E-state index in [1.807, 2.05) is 12.3 Å². The van der Waals surface area contributed by atoms with E-state index in [-0.39, 0.29) is 0 Å². The number of aromatic nitrogens is 3. The average molecular weight is 273 g/mol. The maximum Gasteiger partial charge on any atom is 0.139 e. The molecule has 0 spiro atoms. The molecule has 0 unspecified atom stereocenters. The monoisotopic (exact) mass is 273 g/mol. The van der Waals surface area contributed by atoms with Gasteiger partial charge in [-0.2, -0.15) is 0 Å². The Hall–Kier alpha value is -1.55. The molecule has 0 saturated heterocycles. The molecule has 0 bridgehead atoms. The molecule has 0 atom stereocenters. The van der Waals surface area contributed by atoms with Crippen LogP contribution in [-0.4, -0.2) is 15.0 Å². The molecule has 4 heteroatoms. The fourth-order valence-electron chi connectivity index (χ4n) is 2.34. The summed E-state index contributed by atoms with van der Waals surface area (Å²) in [7, 11) is 0. The maximum absolute atomic E-state index is 5.44. The molecule has 2 aromatic heterocycles. The molecule has 0 saturated carbocycles. The van der Waals surface area contributed by atoms with E-state index in [1.54, 1.807) is 6.20 Å². The van der Waals surface area contributed by atoms with E-state index in [9.17, 15) is 0 Å². The summed E-state index contributed by atoms with van der Waals surface area (Å²) in [5.74, 6) is 1.22. The van der Waals surface area contributed by atoms with Gasteiger partial charge in [0.1, 0.15) is 10.5 Å². The van der Waals surface area contributed by atoms with Crippen LogP contribution in [-0.2, 0) is 6.42 Å². The molecule has 1 N–H and O–H groups in total. The lowest BCUT2D eigenvalue weighted by Crippen LogP contribution is -2.03. The molecule has 0 aliphatic carbocycles. The predicted octanol–water partition coefficient (Wildman–Crippen LogP) is 4.20. The largest absolute Gasteiger partial charge is 0.343 e. The van der Waals surface area contributed by atoms with Crippen LogP contribution in [0.3, 0.4) is 0 Å². The standard InChI is InChI=1S/C15H19N3S/c1-5-11-8-16-7-6-12(11)14-17-10(4)13(9(2)3)15(19)18-14/h6-9H,5H2,1-4H3,(H,17,18,19). The van der Waals surface area contributed by atoms with Crippen molar-refractivity contribution >= 4 is 12.2 Å². The van der Waals surface area contributed by atoms with Crippen molar-refractivity contribution in [1.82, 2.24) is 15.0 Å². The lowest BCUT2D eigenvalue weighted by Gasteiger charge is -2.13. The Labute approximate surface area is 119 Å². The number of H-pyrrole nitrogens is 1. The van der Waals surface area contributed by atoms with Gasteiger partial charge in [0, 0.05) is 29.2 Å². The third-order valence-electron chi connectivity index (χ3n) is 3.27. The normalized spacial score (nSPS) is 11.0. The summed E-state index contributed by atoms with van der Waals surface area (Å²) in [6, 6.07) is 1.99. The zero-order valence-electron chi connectivity index (χ0n) is 11.8. The molecule has 0 aromatic carbocycles. The van der Waals surface area contributed by atoms with Crippen molar-refractivity contribution < 1.29 is 0 Å². The molecule has 19 heavy (non-hydrogen) atoms. The van der Waals surface area contributed by atoms with Gasteiger partial charge in [-0.3, -0.25) is 4.98 Å². The number of rotatable bonds is 3. The molecule has 3 nitrogen and oxygen atoms in total. The number of hydrogen-bond donors (Lipinski definition) is 1. The highest BCUT2D eigenvalue weighted by Gasteiger charge is 2.11. The number of aryl methyl sites for hydroxylation is 2. The lowest BCUT2D eigenvalue weighted by molar-refractivity contribution is 0.824. The van der Waals surface area contributed by atoms with E-state index in [2.05, 4.69) is 42.6 Å². The molecule has 2 heterocycles. The van der Waals surface area contributed by atoms with Gasteiger partial charge in [0.05, 0.1) is 0 Å². The Morgan fingerprint density at radius 2 is 2.11 bits per heavy atom. The minimum atomic E-state index is 0.383. The predicted molar refractivity (Wildman–Crippen MR) is 80.9 cm³/mol. The van der Waals surface area contributed by atoms with Crippen LogP contribution in [0.1, 0.15) is 43.5 Å². The van der Waals surface area contributed by atoms with E-state index in [4.69, 9.17) is 12.2 Å². The van der Waals surface area contributed by atoms with Gasteiger partial charge in [-0.05, 0) is 30.9 Å². The Morgan fingerprint density at radius 3 is 2.68 bits per heavy atom. The maximum atomic E-state index is 5.44. The van der Waals surface area contributed by atoms with Crippen LogP contribution in [0, 0.1) is 11.6 Å². The first-order valence-corrected chi connectivity index (χ1v) is 6.99. The minimum Gasteiger partial charge on any atom is -0.343 e. The van der Waals surface area contributed by atoms with Crippen LogP contribution < -0.4 is 0 Å². The number of aromatic amines is 1. The van der Waals surface area contributed by atoms with E-state index >= 15 is 0 Å². The fraction of sp³-hybridized carbons (Fsp3) is 0.400. The molecule has 2 aromatic rings. The molecular formula is C15H19N3S. The van der Waals surface area contributed by atoms with Crippen LogP contribution in [0.2, 0.25) is 0 Å². The summed E-state index contributed by atoms with van der Waals surface area (Å²) in [6.45, 7) is 8.45. The third kappa shape index (κ3) is 2.73. The summed E-state index contributed by atoms with van der Waals surface area (Å²) in [4.78, 5) is 12.1. The average Bonchev–Trinajstić information content (AvgIpc) is 2.37. The van der Waals surface area contributed by atoms with Gasteiger partial charge in [0.15, 0.2) is 0 Å². The summed E-state index contributed by atoms with van der Waals surface area (Å²) in [5.41, 5.74) is 4.49. The first kappa shape index (κ1) is 13.9. The first-order valence-electron chi connectivity index (χ1n) is 6.58. The van der Waals surface area contributed by atoms with Crippen molar-refractivity contribution in [3.8, 4) is 11.4 Å². The van der Waals surface area contributed by atoms with Gasteiger partial charge in [-0.25, -0.2) is 4.98 Å². The van der Waals surface area contributed by atoms with Crippen molar-refractivity contribution in [2.75, 3.05) is 0 Å². The Morgan fingerprint density at radius 1 is 1.37 bits per heavy atom. The second kappa shape index (κ2) is 5.61. The molecule has 0 radical (unpaired) electrons. The third-order valence-corrected chi connectivity index (χ3v) is 3.58. The SMILES string of the molecule is CCc1cnccc1-c1nc(=S)c(C(C)C)c(C)[nH]1. The van der Waals surface area contributed by atoms with Crippen molar-refractivity contribution in [3.63, 3.8) is 0 Å². The molecule has 0 amide bonds. The number of pyridine rings is 1. The fourth-order valence-corrected chi connectivity index (χ4v) is 2.82. The van der Waals surface area contributed by atoms with E-state index in [1.165, 1.54) is 5.56 Å². The highest BCUT2D eigenvalue weighted by Crippen LogP contribution is 2.24. The Bertz CT molecular complexity index is 644. The van der Waals surface area contributed by atoms with Crippen molar-refractivity contribution in [3.05, 3.63) is 39.9 Å². The molecule has 100 valence electrons. The van der Waals surface area contributed by atoms with Gasteiger partial charge in [0.25, 0.3) is 0 Å². The Balaban J connectivity index is 2.62. The van der Waals surface area contributed by atoms with Crippen LogP contribution in [0.25, 0.3) is 11.4 Å². The molecule has 0 aliphatic heterocycles. The van der Waals surface area contributed by atoms with E-state index in [0.29, 0.717) is 10.6 Å². The quantitative estimate of drug-likeness (QED) is 0.852. The van der Waals surface area contributed by atoms with Crippen molar-refractivity contribution in [1.29, 1.82) is 0 Å². The van der Waals surface area contributed by atoms with Gasteiger partial charge >= 0.3 is 0 Å². The van der Waals surface area contributed by atoms with E-state index in [0.717, 1.165) is 29.1 Å². The zero-order chi connectivity index (χ0) is 14.0. The van der Waals surface area contributed by atoms with Crippen LogP contribution in [0.4, 0.5) is 0 Å². The highest BCUT2D eigenvalue weighted by molar-refractivity contribution is 7.71. The zero-order valence-corrected chi connectivity index (χ0v) is 12.6. The summed E-state index contributed by atoms with van der Waals surface area (Å²) < 4.78 is 0.695. The summed E-state index contributed by atoms with van der Waals surface area (Å²) >= 11 is 5.44. The molecular weight excluding hydrogens is 254 g/mol. The molecule has 2 rings (SSSR count). The van der Waals surface area contributed by atoms with Crippen molar-refractivity contribution in [2.45, 2.75) is 40.0 Å².